The minimum absolute atomic E-state index is 0.111. The van der Waals surface area contributed by atoms with Crippen LogP contribution in [0.25, 0.3) is 0 Å². The number of nitrogens with zero attached hydrogens (tertiary/aromatic N) is 3. The highest BCUT2D eigenvalue weighted by Crippen LogP contribution is 2.25. The van der Waals surface area contributed by atoms with Crippen molar-refractivity contribution >= 4 is 28.1 Å². The van der Waals surface area contributed by atoms with E-state index in [0.717, 1.165) is 22.8 Å². The molecule has 0 aliphatic carbocycles. The van der Waals surface area contributed by atoms with Crippen LogP contribution in [0.2, 0.25) is 0 Å². The number of rotatable bonds is 4. The van der Waals surface area contributed by atoms with Crippen LogP contribution in [0.5, 0.6) is 0 Å². The number of thiazole rings is 1. The molecule has 0 aromatic carbocycles. The third-order valence-corrected chi connectivity index (χ3v) is 3.42. The fourth-order valence-electron chi connectivity index (χ4n) is 1.93. The quantitative estimate of drug-likeness (QED) is 0.930. The van der Waals surface area contributed by atoms with E-state index in [1.807, 2.05) is 31.2 Å². The second-order valence-electron chi connectivity index (χ2n) is 4.35. The highest BCUT2D eigenvalue weighted by molar-refractivity contribution is 7.13. The molecular formula is C12H16N4O2S. The van der Waals surface area contributed by atoms with Gasteiger partial charge in [0.05, 0.1) is 12.2 Å². The Hall–Kier alpha value is -1.89. The van der Waals surface area contributed by atoms with Crippen molar-refractivity contribution in [1.82, 2.24) is 10.1 Å². The summed E-state index contributed by atoms with van der Waals surface area (Å²) in [6.07, 6.45) is 0. The molecule has 1 N–H and O–H groups in total. The molecule has 0 radical (unpaired) electrons. The number of carbonyl (C=O) groups is 1. The topological polar surface area (TPSA) is 71.3 Å². The minimum atomic E-state index is -0.111. The summed E-state index contributed by atoms with van der Waals surface area (Å²) in [6.45, 7) is 5.90. The van der Waals surface area contributed by atoms with Crippen molar-refractivity contribution in [3.63, 3.8) is 0 Å². The lowest BCUT2D eigenvalue weighted by Crippen LogP contribution is -2.18. The van der Waals surface area contributed by atoms with E-state index in [1.54, 1.807) is 0 Å². The Morgan fingerprint density at radius 3 is 2.84 bits per heavy atom. The van der Waals surface area contributed by atoms with Crippen molar-refractivity contribution in [1.29, 1.82) is 0 Å². The number of aromatic nitrogens is 2. The lowest BCUT2D eigenvalue weighted by atomic mass is 10.3. The second-order valence-corrected chi connectivity index (χ2v) is 5.21. The van der Waals surface area contributed by atoms with Gasteiger partial charge >= 0.3 is 0 Å². The smallest absolute Gasteiger partial charge is 0.223 e. The maximum Gasteiger partial charge on any atom is 0.223 e. The monoisotopic (exact) mass is 280 g/mol. The number of anilines is 2. The minimum Gasteiger partial charge on any atom is -0.364 e. The Morgan fingerprint density at radius 2 is 2.26 bits per heavy atom. The van der Waals surface area contributed by atoms with Gasteiger partial charge in [0.1, 0.15) is 11.4 Å². The number of hydrogen-bond donors (Lipinski definition) is 1. The maximum absolute atomic E-state index is 10.9. The molecular weight excluding hydrogens is 264 g/mol. The molecule has 1 amide bonds. The van der Waals surface area contributed by atoms with Gasteiger partial charge in [0.2, 0.25) is 5.91 Å². The molecule has 2 aromatic rings. The van der Waals surface area contributed by atoms with E-state index in [-0.39, 0.29) is 5.91 Å². The van der Waals surface area contributed by atoms with E-state index in [0.29, 0.717) is 11.7 Å². The molecule has 0 saturated carbocycles. The Bertz CT molecular complexity index is 571. The molecule has 0 saturated heterocycles. The Labute approximate surface area is 115 Å². The van der Waals surface area contributed by atoms with Crippen molar-refractivity contribution in [3.05, 3.63) is 22.5 Å². The Morgan fingerprint density at radius 1 is 1.53 bits per heavy atom. The van der Waals surface area contributed by atoms with Crippen LogP contribution < -0.4 is 10.2 Å². The number of hydrogen-bond acceptors (Lipinski definition) is 6. The predicted molar refractivity (Wildman–Crippen MR) is 74.5 cm³/mol. The number of nitrogens with one attached hydrogen (secondary N) is 1. The molecule has 2 rings (SSSR count). The molecule has 0 unspecified atom stereocenters. The lowest BCUT2D eigenvalue weighted by molar-refractivity contribution is -0.114. The molecule has 0 fully saturated rings. The fourth-order valence-corrected chi connectivity index (χ4v) is 2.68. The molecule has 0 bridgehead atoms. The average molecular weight is 280 g/mol. The van der Waals surface area contributed by atoms with Crippen LogP contribution >= 0.6 is 11.3 Å². The van der Waals surface area contributed by atoms with Crippen molar-refractivity contribution in [2.75, 3.05) is 17.3 Å². The predicted octanol–water partition coefficient (Wildman–Crippen LogP) is 2.34. The summed E-state index contributed by atoms with van der Waals surface area (Å²) in [7, 11) is 1.96. The third-order valence-electron chi connectivity index (χ3n) is 2.61. The molecule has 2 aromatic heterocycles. The van der Waals surface area contributed by atoms with Gasteiger partial charge in [-0.05, 0) is 13.8 Å². The first-order valence-corrected chi connectivity index (χ1v) is 6.71. The van der Waals surface area contributed by atoms with Crippen LogP contribution in [0.15, 0.2) is 9.90 Å². The van der Waals surface area contributed by atoms with Crippen LogP contribution in [-0.4, -0.2) is 23.1 Å². The first-order chi connectivity index (χ1) is 8.97. The van der Waals surface area contributed by atoms with E-state index < -0.39 is 0 Å². The van der Waals surface area contributed by atoms with E-state index >= 15 is 0 Å². The summed E-state index contributed by atoms with van der Waals surface area (Å²) < 4.78 is 5.15. The van der Waals surface area contributed by atoms with E-state index in [9.17, 15) is 4.79 Å². The van der Waals surface area contributed by atoms with Gasteiger partial charge < -0.3 is 14.7 Å². The largest absolute Gasteiger partial charge is 0.364 e. The van der Waals surface area contributed by atoms with Crippen LogP contribution in [-0.2, 0) is 11.3 Å². The molecule has 0 atom stereocenters. The summed E-state index contributed by atoms with van der Waals surface area (Å²) in [5.74, 6) is 0.678. The van der Waals surface area contributed by atoms with Gasteiger partial charge in [0.25, 0.3) is 0 Å². The summed E-state index contributed by atoms with van der Waals surface area (Å²) in [5.41, 5.74) is 2.74. The Balaban J connectivity index is 2.09. The van der Waals surface area contributed by atoms with Crippen LogP contribution in [0.1, 0.15) is 24.1 Å². The van der Waals surface area contributed by atoms with Gasteiger partial charge in [-0.2, -0.15) is 0 Å². The zero-order valence-corrected chi connectivity index (χ0v) is 12.2. The van der Waals surface area contributed by atoms with Crippen LogP contribution in [0.4, 0.5) is 10.8 Å². The summed E-state index contributed by atoms with van der Waals surface area (Å²) in [6, 6.07) is 0. The highest BCUT2D eigenvalue weighted by atomic mass is 32.1. The van der Waals surface area contributed by atoms with E-state index in [4.69, 9.17) is 4.52 Å². The zero-order valence-electron chi connectivity index (χ0n) is 11.4. The molecule has 0 aliphatic heterocycles. The van der Waals surface area contributed by atoms with Crippen molar-refractivity contribution in [2.24, 2.45) is 0 Å². The number of aryl methyl sites for hydroxylation is 2. The van der Waals surface area contributed by atoms with Gasteiger partial charge in [-0.15, -0.1) is 11.3 Å². The fraction of sp³-hybridized carbons (Fsp3) is 0.417. The molecule has 2 heterocycles. The lowest BCUT2D eigenvalue weighted by Gasteiger charge is -2.16. The number of amides is 1. The maximum atomic E-state index is 10.9. The summed E-state index contributed by atoms with van der Waals surface area (Å²) >= 11 is 1.42. The van der Waals surface area contributed by atoms with Gasteiger partial charge in [0, 0.05) is 19.4 Å². The van der Waals surface area contributed by atoms with Crippen LogP contribution in [0.3, 0.4) is 0 Å². The number of carbonyl (C=O) groups excluding carboxylic acids is 1. The highest BCUT2D eigenvalue weighted by Gasteiger charge is 2.15. The van der Waals surface area contributed by atoms with Gasteiger partial charge in [-0.1, -0.05) is 5.16 Å². The second kappa shape index (κ2) is 5.40. The summed E-state index contributed by atoms with van der Waals surface area (Å²) in [4.78, 5) is 17.3. The zero-order chi connectivity index (χ0) is 14.0. The molecule has 0 spiro atoms. The standard InChI is InChI=1S/C12H16N4O2S/c1-7-11(8(2)18-15-7)16(4)5-10-6-19-12(14-10)13-9(3)17/h6H,5H2,1-4H3,(H,13,14,17). The first kappa shape index (κ1) is 13.5. The Kier molecular flexibility index (Phi) is 3.84. The van der Waals surface area contributed by atoms with Crippen molar-refractivity contribution in [2.45, 2.75) is 27.3 Å². The molecule has 6 nitrogen and oxygen atoms in total. The van der Waals surface area contributed by atoms with Gasteiger partial charge in [-0.25, -0.2) is 4.98 Å². The van der Waals surface area contributed by atoms with E-state index in [2.05, 4.69) is 15.5 Å². The van der Waals surface area contributed by atoms with E-state index in [1.165, 1.54) is 18.3 Å². The molecule has 7 heteroatoms. The van der Waals surface area contributed by atoms with Gasteiger partial charge in [-0.3, -0.25) is 4.79 Å². The normalized spacial score (nSPS) is 10.5. The third kappa shape index (κ3) is 3.11. The van der Waals surface area contributed by atoms with Crippen molar-refractivity contribution in [3.8, 4) is 0 Å². The molecule has 0 aliphatic rings. The summed E-state index contributed by atoms with van der Waals surface area (Å²) in [5, 5.41) is 9.16. The average Bonchev–Trinajstić information content (AvgIpc) is 2.85. The first-order valence-electron chi connectivity index (χ1n) is 5.83. The van der Waals surface area contributed by atoms with Gasteiger partial charge in [0.15, 0.2) is 10.9 Å². The van der Waals surface area contributed by atoms with Crippen molar-refractivity contribution < 1.29 is 9.32 Å². The SMILES string of the molecule is CC(=O)Nc1nc(CN(C)c2c(C)noc2C)cs1. The molecule has 19 heavy (non-hydrogen) atoms. The van der Waals surface area contributed by atoms with Crippen LogP contribution in [0, 0.1) is 13.8 Å². The molecule has 102 valence electrons.